The molecule has 1 atom stereocenters. The van der Waals surface area contributed by atoms with Crippen LogP contribution < -0.4 is 5.32 Å². The molecular formula is C11H19F3N2O2. The number of morpholine rings is 1. The highest BCUT2D eigenvalue weighted by molar-refractivity contribution is 5.81. The summed E-state index contributed by atoms with van der Waals surface area (Å²) in [6.45, 7) is 5.64. The maximum atomic E-state index is 12.0. The van der Waals surface area contributed by atoms with Crippen molar-refractivity contribution in [2.45, 2.75) is 38.6 Å². The Morgan fingerprint density at radius 2 is 2.11 bits per heavy atom. The highest BCUT2D eigenvalue weighted by Gasteiger charge is 2.34. The molecule has 0 radical (unpaired) electrons. The zero-order chi connectivity index (χ0) is 14.0. The average Bonchev–Trinajstić information content (AvgIpc) is 2.22. The third kappa shape index (κ3) is 4.81. The van der Waals surface area contributed by atoms with Gasteiger partial charge in [-0.15, -0.1) is 0 Å². The van der Waals surface area contributed by atoms with Gasteiger partial charge in [-0.1, -0.05) is 0 Å². The maximum Gasteiger partial charge on any atom is 0.405 e. The van der Waals surface area contributed by atoms with Crippen molar-refractivity contribution >= 4 is 5.91 Å². The zero-order valence-corrected chi connectivity index (χ0v) is 10.8. The van der Waals surface area contributed by atoms with Crippen LogP contribution in [-0.2, 0) is 9.53 Å². The van der Waals surface area contributed by atoms with Gasteiger partial charge in [0.2, 0.25) is 5.91 Å². The normalized spacial score (nSPS) is 22.6. The van der Waals surface area contributed by atoms with E-state index in [1.165, 1.54) is 0 Å². The SMILES string of the molecule is CC(C(=O)NCC(F)(F)F)N1CCOC(C)(C)C1. The van der Waals surface area contributed by atoms with Crippen LogP contribution in [-0.4, -0.2) is 54.9 Å². The van der Waals surface area contributed by atoms with E-state index in [0.29, 0.717) is 19.7 Å². The molecule has 0 aromatic rings. The van der Waals surface area contributed by atoms with Crippen LogP contribution in [0.5, 0.6) is 0 Å². The lowest BCUT2D eigenvalue weighted by atomic mass is 10.1. The Bertz CT molecular complexity index is 305. The largest absolute Gasteiger partial charge is 0.405 e. The molecule has 1 fully saturated rings. The van der Waals surface area contributed by atoms with Crippen molar-refractivity contribution in [2.24, 2.45) is 0 Å². The van der Waals surface area contributed by atoms with Crippen LogP contribution in [0.25, 0.3) is 0 Å². The van der Waals surface area contributed by atoms with Gasteiger partial charge < -0.3 is 10.1 Å². The molecule has 1 saturated heterocycles. The van der Waals surface area contributed by atoms with Gasteiger partial charge in [-0.25, -0.2) is 0 Å². The number of nitrogens with zero attached hydrogens (tertiary/aromatic N) is 1. The fraction of sp³-hybridized carbons (Fsp3) is 0.909. The van der Waals surface area contributed by atoms with Gasteiger partial charge in [-0.2, -0.15) is 13.2 Å². The highest BCUT2D eigenvalue weighted by Crippen LogP contribution is 2.18. The van der Waals surface area contributed by atoms with Gasteiger partial charge in [0.05, 0.1) is 18.2 Å². The second kappa shape index (κ2) is 5.44. The summed E-state index contributed by atoms with van der Waals surface area (Å²) in [6.07, 6.45) is -4.38. The molecule has 1 N–H and O–H groups in total. The van der Waals surface area contributed by atoms with Crippen molar-refractivity contribution in [3.05, 3.63) is 0 Å². The van der Waals surface area contributed by atoms with Gasteiger partial charge >= 0.3 is 6.18 Å². The molecule has 1 rings (SSSR count). The second-order valence-electron chi connectivity index (χ2n) is 5.09. The summed E-state index contributed by atoms with van der Waals surface area (Å²) >= 11 is 0. The zero-order valence-electron chi connectivity index (χ0n) is 10.8. The lowest BCUT2D eigenvalue weighted by molar-refractivity contribution is -0.145. The predicted molar refractivity (Wildman–Crippen MR) is 60.1 cm³/mol. The Morgan fingerprint density at radius 3 is 2.61 bits per heavy atom. The third-order valence-electron chi connectivity index (χ3n) is 2.85. The van der Waals surface area contributed by atoms with E-state index in [1.807, 2.05) is 24.1 Å². The summed E-state index contributed by atoms with van der Waals surface area (Å²) in [4.78, 5) is 13.4. The molecule has 1 heterocycles. The van der Waals surface area contributed by atoms with Crippen LogP contribution in [0.3, 0.4) is 0 Å². The van der Waals surface area contributed by atoms with Crippen molar-refractivity contribution in [2.75, 3.05) is 26.2 Å². The molecule has 4 nitrogen and oxygen atoms in total. The molecule has 106 valence electrons. The van der Waals surface area contributed by atoms with E-state index < -0.39 is 24.7 Å². The first kappa shape index (κ1) is 15.2. The van der Waals surface area contributed by atoms with E-state index in [1.54, 1.807) is 6.92 Å². The van der Waals surface area contributed by atoms with Crippen LogP contribution in [0.1, 0.15) is 20.8 Å². The van der Waals surface area contributed by atoms with Crippen molar-refractivity contribution in [3.8, 4) is 0 Å². The van der Waals surface area contributed by atoms with E-state index >= 15 is 0 Å². The van der Waals surface area contributed by atoms with Gasteiger partial charge in [0, 0.05) is 13.1 Å². The van der Waals surface area contributed by atoms with Crippen LogP contribution >= 0.6 is 0 Å². The molecule has 0 spiro atoms. The van der Waals surface area contributed by atoms with Crippen LogP contribution in [0.15, 0.2) is 0 Å². The van der Waals surface area contributed by atoms with Gasteiger partial charge in [-0.3, -0.25) is 9.69 Å². The summed E-state index contributed by atoms with van der Waals surface area (Å²) in [7, 11) is 0. The quantitative estimate of drug-likeness (QED) is 0.835. The Hall–Kier alpha value is -0.820. The van der Waals surface area contributed by atoms with Gasteiger partial charge in [-0.05, 0) is 20.8 Å². The lowest BCUT2D eigenvalue weighted by Crippen LogP contribution is -2.56. The van der Waals surface area contributed by atoms with Crippen molar-refractivity contribution in [3.63, 3.8) is 0 Å². The molecule has 0 saturated carbocycles. The fourth-order valence-electron chi connectivity index (χ4n) is 1.88. The van der Waals surface area contributed by atoms with Crippen molar-refractivity contribution < 1.29 is 22.7 Å². The maximum absolute atomic E-state index is 12.0. The summed E-state index contributed by atoms with van der Waals surface area (Å²) in [6, 6.07) is -0.587. The second-order valence-corrected chi connectivity index (χ2v) is 5.09. The number of hydrogen-bond acceptors (Lipinski definition) is 3. The van der Waals surface area contributed by atoms with E-state index in [2.05, 4.69) is 0 Å². The number of carbonyl (C=O) groups excluding carboxylic acids is 1. The van der Waals surface area contributed by atoms with E-state index in [-0.39, 0.29) is 5.60 Å². The Balaban J connectivity index is 2.48. The molecule has 0 aromatic heterocycles. The monoisotopic (exact) mass is 268 g/mol. The van der Waals surface area contributed by atoms with Gasteiger partial charge in [0.25, 0.3) is 0 Å². The molecule has 1 aliphatic rings. The Kier molecular flexibility index (Phi) is 4.61. The number of hydrogen-bond donors (Lipinski definition) is 1. The first-order chi connectivity index (χ1) is 8.11. The number of halogens is 3. The summed E-state index contributed by atoms with van der Waals surface area (Å²) in [5.41, 5.74) is -0.378. The van der Waals surface area contributed by atoms with Crippen LogP contribution in [0.2, 0.25) is 0 Å². The number of ether oxygens (including phenoxy) is 1. The number of alkyl halides is 3. The lowest BCUT2D eigenvalue weighted by Gasteiger charge is -2.40. The molecule has 1 amide bonds. The van der Waals surface area contributed by atoms with Crippen LogP contribution in [0, 0.1) is 0 Å². The minimum Gasteiger partial charge on any atom is -0.373 e. The molecule has 0 aromatic carbocycles. The number of amides is 1. The van der Waals surface area contributed by atoms with E-state index in [4.69, 9.17) is 4.74 Å². The minimum atomic E-state index is -4.38. The van der Waals surface area contributed by atoms with E-state index in [9.17, 15) is 18.0 Å². The number of nitrogens with one attached hydrogen (secondary N) is 1. The van der Waals surface area contributed by atoms with Crippen molar-refractivity contribution in [1.29, 1.82) is 0 Å². The molecule has 0 aliphatic carbocycles. The first-order valence-corrected chi connectivity index (χ1v) is 5.83. The Labute approximate surface area is 104 Å². The van der Waals surface area contributed by atoms with Crippen LogP contribution in [0.4, 0.5) is 13.2 Å². The Morgan fingerprint density at radius 1 is 1.50 bits per heavy atom. The molecule has 1 aliphatic heterocycles. The average molecular weight is 268 g/mol. The molecule has 1 unspecified atom stereocenters. The van der Waals surface area contributed by atoms with Crippen molar-refractivity contribution in [1.82, 2.24) is 10.2 Å². The molecular weight excluding hydrogens is 249 g/mol. The first-order valence-electron chi connectivity index (χ1n) is 5.83. The molecule has 0 bridgehead atoms. The predicted octanol–water partition coefficient (Wildman–Crippen LogP) is 1.16. The smallest absolute Gasteiger partial charge is 0.373 e. The van der Waals surface area contributed by atoms with Gasteiger partial charge in [0.15, 0.2) is 0 Å². The topological polar surface area (TPSA) is 41.6 Å². The minimum absolute atomic E-state index is 0.378. The van der Waals surface area contributed by atoms with E-state index in [0.717, 1.165) is 0 Å². The number of rotatable bonds is 3. The summed E-state index contributed by atoms with van der Waals surface area (Å²) in [5, 5.41) is 1.90. The van der Waals surface area contributed by atoms with Gasteiger partial charge in [0.1, 0.15) is 6.54 Å². The third-order valence-corrected chi connectivity index (χ3v) is 2.85. The fourth-order valence-corrected chi connectivity index (χ4v) is 1.88. The number of carbonyl (C=O) groups is 1. The molecule has 18 heavy (non-hydrogen) atoms. The molecule has 7 heteroatoms. The highest BCUT2D eigenvalue weighted by atomic mass is 19.4. The summed E-state index contributed by atoms with van der Waals surface area (Å²) in [5.74, 6) is -0.606. The summed E-state index contributed by atoms with van der Waals surface area (Å²) < 4.78 is 41.5. The standard InChI is InChI=1S/C11H19F3N2O2/c1-8(9(17)15-6-11(12,13)14)16-4-5-18-10(2,3)7-16/h8H,4-7H2,1-3H3,(H,15,17).